The Bertz CT molecular complexity index is 377. The van der Waals surface area contributed by atoms with Gasteiger partial charge in [0.05, 0.1) is 5.84 Å². The summed E-state index contributed by atoms with van der Waals surface area (Å²) < 4.78 is 1.10. The zero-order chi connectivity index (χ0) is 11.6. The van der Waals surface area contributed by atoms with E-state index in [9.17, 15) is 0 Å². The Morgan fingerprint density at radius 1 is 1.25 bits per heavy atom. The molecule has 0 radical (unpaired) electrons. The summed E-state index contributed by atoms with van der Waals surface area (Å²) in [6.07, 6.45) is 5.53. The predicted molar refractivity (Wildman–Crippen MR) is 70.8 cm³/mol. The number of nitrogens with one attached hydrogen (secondary N) is 1. The molecule has 1 aliphatic rings. The minimum atomic E-state index is 0.131. The van der Waals surface area contributed by atoms with Crippen molar-refractivity contribution in [1.82, 2.24) is 0 Å². The molecule has 0 heterocycles. The van der Waals surface area contributed by atoms with Crippen LogP contribution in [0.5, 0.6) is 0 Å². The van der Waals surface area contributed by atoms with Crippen LogP contribution in [-0.4, -0.2) is 5.84 Å². The van der Waals surface area contributed by atoms with Gasteiger partial charge in [-0.2, -0.15) is 0 Å². The van der Waals surface area contributed by atoms with Gasteiger partial charge in [-0.25, -0.2) is 0 Å². The first-order chi connectivity index (χ1) is 7.62. The van der Waals surface area contributed by atoms with Crippen LogP contribution in [0.25, 0.3) is 0 Å². The van der Waals surface area contributed by atoms with E-state index in [0.717, 1.165) is 17.3 Å². The Balaban J connectivity index is 2.31. The highest BCUT2D eigenvalue weighted by Gasteiger charge is 2.35. The summed E-state index contributed by atoms with van der Waals surface area (Å²) in [4.78, 5) is 0. The van der Waals surface area contributed by atoms with E-state index >= 15 is 0 Å². The quantitative estimate of drug-likeness (QED) is 0.645. The van der Waals surface area contributed by atoms with Gasteiger partial charge in [-0.05, 0) is 30.5 Å². The monoisotopic (exact) mass is 280 g/mol. The Morgan fingerprint density at radius 2 is 1.81 bits per heavy atom. The SMILES string of the molecule is N=C(N)CC1(c2ccc(Br)cc2)CCCC1. The number of nitrogens with two attached hydrogens (primary N) is 1. The van der Waals surface area contributed by atoms with Gasteiger partial charge in [0.25, 0.3) is 0 Å². The molecule has 0 aliphatic heterocycles. The van der Waals surface area contributed by atoms with Gasteiger partial charge >= 0.3 is 0 Å². The van der Waals surface area contributed by atoms with E-state index in [-0.39, 0.29) is 5.41 Å². The molecule has 2 rings (SSSR count). The molecule has 3 N–H and O–H groups in total. The lowest BCUT2D eigenvalue weighted by Crippen LogP contribution is -2.29. The third-order valence-corrected chi connectivity index (χ3v) is 4.07. The van der Waals surface area contributed by atoms with Crippen molar-refractivity contribution in [2.75, 3.05) is 0 Å². The first kappa shape index (κ1) is 11.6. The van der Waals surface area contributed by atoms with Crippen LogP contribution in [0.1, 0.15) is 37.7 Å². The number of rotatable bonds is 3. The molecular formula is C13H17BrN2. The molecule has 16 heavy (non-hydrogen) atoms. The highest BCUT2D eigenvalue weighted by Crippen LogP contribution is 2.43. The number of hydrogen-bond acceptors (Lipinski definition) is 1. The highest BCUT2D eigenvalue weighted by molar-refractivity contribution is 9.10. The van der Waals surface area contributed by atoms with Crippen LogP contribution in [0.4, 0.5) is 0 Å². The maximum atomic E-state index is 7.54. The van der Waals surface area contributed by atoms with Crippen molar-refractivity contribution in [3.63, 3.8) is 0 Å². The second-order valence-corrected chi connectivity index (χ2v) is 5.61. The Morgan fingerprint density at radius 3 is 2.31 bits per heavy atom. The Labute approximate surface area is 105 Å². The fourth-order valence-corrected chi connectivity index (χ4v) is 3.05. The van der Waals surface area contributed by atoms with Crippen LogP contribution in [0.2, 0.25) is 0 Å². The second kappa shape index (κ2) is 4.58. The molecule has 1 fully saturated rings. The first-order valence-electron chi connectivity index (χ1n) is 5.71. The number of halogens is 1. The van der Waals surface area contributed by atoms with Crippen LogP contribution in [0.15, 0.2) is 28.7 Å². The van der Waals surface area contributed by atoms with Crippen LogP contribution < -0.4 is 5.73 Å². The minimum absolute atomic E-state index is 0.131. The van der Waals surface area contributed by atoms with Crippen molar-refractivity contribution in [3.05, 3.63) is 34.3 Å². The van der Waals surface area contributed by atoms with Gasteiger partial charge in [-0.3, -0.25) is 5.41 Å². The third-order valence-electron chi connectivity index (χ3n) is 3.55. The van der Waals surface area contributed by atoms with Crippen molar-refractivity contribution in [2.24, 2.45) is 5.73 Å². The zero-order valence-electron chi connectivity index (χ0n) is 9.30. The summed E-state index contributed by atoms with van der Waals surface area (Å²) in [5.74, 6) is 0.310. The molecule has 0 saturated heterocycles. The van der Waals surface area contributed by atoms with Crippen LogP contribution in [0, 0.1) is 5.41 Å². The summed E-state index contributed by atoms with van der Waals surface area (Å²) in [6.45, 7) is 0. The van der Waals surface area contributed by atoms with E-state index in [2.05, 4.69) is 40.2 Å². The van der Waals surface area contributed by atoms with Crippen LogP contribution in [0.3, 0.4) is 0 Å². The van der Waals surface area contributed by atoms with Crippen molar-refractivity contribution < 1.29 is 0 Å². The molecule has 0 aromatic heterocycles. The fourth-order valence-electron chi connectivity index (χ4n) is 2.79. The maximum absolute atomic E-state index is 7.54. The lowest BCUT2D eigenvalue weighted by atomic mass is 9.76. The summed E-state index contributed by atoms with van der Waals surface area (Å²) in [5.41, 5.74) is 7.07. The molecule has 86 valence electrons. The van der Waals surface area contributed by atoms with Crippen molar-refractivity contribution in [2.45, 2.75) is 37.5 Å². The Kier molecular flexibility index (Phi) is 3.33. The van der Waals surface area contributed by atoms with Gasteiger partial charge in [0, 0.05) is 16.3 Å². The van der Waals surface area contributed by atoms with E-state index in [4.69, 9.17) is 11.1 Å². The molecule has 0 spiro atoms. The lowest BCUT2D eigenvalue weighted by molar-refractivity contribution is 0.457. The normalized spacial score (nSPS) is 18.6. The molecule has 1 saturated carbocycles. The van der Waals surface area contributed by atoms with Crippen LogP contribution in [-0.2, 0) is 5.41 Å². The summed E-state index contributed by atoms with van der Waals surface area (Å²) in [6, 6.07) is 8.49. The highest BCUT2D eigenvalue weighted by atomic mass is 79.9. The minimum Gasteiger partial charge on any atom is -0.388 e. The fraction of sp³-hybridized carbons (Fsp3) is 0.462. The van der Waals surface area contributed by atoms with Gasteiger partial charge in [0.2, 0.25) is 0 Å². The van der Waals surface area contributed by atoms with Gasteiger partial charge in [-0.1, -0.05) is 40.9 Å². The largest absolute Gasteiger partial charge is 0.388 e. The average Bonchev–Trinajstić information content (AvgIpc) is 2.67. The molecule has 1 aromatic carbocycles. The van der Waals surface area contributed by atoms with E-state index in [1.165, 1.54) is 18.4 Å². The number of hydrogen-bond donors (Lipinski definition) is 2. The molecule has 3 heteroatoms. The van der Waals surface area contributed by atoms with Gasteiger partial charge < -0.3 is 5.73 Å². The molecule has 2 nitrogen and oxygen atoms in total. The number of benzene rings is 1. The summed E-state index contributed by atoms with van der Waals surface area (Å²) in [5, 5.41) is 7.54. The van der Waals surface area contributed by atoms with E-state index < -0.39 is 0 Å². The van der Waals surface area contributed by atoms with Gasteiger partial charge in [0.1, 0.15) is 0 Å². The Hall–Kier alpha value is -0.830. The predicted octanol–water partition coefficient (Wildman–Crippen LogP) is 3.59. The molecular weight excluding hydrogens is 264 g/mol. The third kappa shape index (κ3) is 2.29. The lowest BCUT2D eigenvalue weighted by Gasteiger charge is -2.29. The number of amidine groups is 1. The summed E-state index contributed by atoms with van der Waals surface area (Å²) >= 11 is 3.46. The average molecular weight is 281 g/mol. The second-order valence-electron chi connectivity index (χ2n) is 4.70. The maximum Gasteiger partial charge on any atom is 0.0914 e. The van der Waals surface area contributed by atoms with Gasteiger partial charge in [-0.15, -0.1) is 0 Å². The smallest absolute Gasteiger partial charge is 0.0914 e. The summed E-state index contributed by atoms with van der Waals surface area (Å²) in [7, 11) is 0. The van der Waals surface area contributed by atoms with Crippen molar-refractivity contribution in [3.8, 4) is 0 Å². The standard InChI is InChI=1S/C13H17BrN2/c14-11-5-3-10(4-6-11)13(9-12(15)16)7-1-2-8-13/h3-6H,1-2,7-9H2,(H3,15,16). The topological polar surface area (TPSA) is 49.9 Å². The van der Waals surface area contributed by atoms with Crippen LogP contribution >= 0.6 is 15.9 Å². The van der Waals surface area contributed by atoms with Gasteiger partial charge in [0.15, 0.2) is 0 Å². The van der Waals surface area contributed by atoms with E-state index in [0.29, 0.717) is 12.3 Å². The van der Waals surface area contributed by atoms with Crippen molar-refractivity contribution in [1.29, 1.82) is 5.41 Å². The molecule has 0 unspecified atom stereocenters. The van der Waals surface area contributed by atoms with E-state index in [1.54, 1.807) is 0 Å². The molecule has 1 aliphatic carbocycles. The first-order valence-corrected chi connectivity index (χ1v) is 6.51. The molecule has 1 aromatic rings. The molecule has 0 bridgehead atoms. The zero-order valence-corrected chi connectivity index (χ0v) is 10.9. The van der Waals surface area contributed by atoms with Crippen molar-refractivity contribution >= 4 is 21.8 Å². The molecule has 0 amide bonds. The van der Waals surface area contributed by atoms with E-state index in [1.807, 2.05) is 0 Å². The molecule has 0 atom stereocenters.